The van der Waals surface area contributed by atoms with Crippen LogP contribution in [0.25, 0.3) is 0 Å². The highest BCUT2D eigenvalue weighted by atomic mass is 35.5. The SMILES string of the molecule is CN1CC2(Cc3ccccc3NC2=NCc2cccc(Cl)c2)C1. The van der Waals surface area contributed by atoms with E-state index in [0.29, 0.717) is 6.54 Å². The molecule has 4 rings (SSSR count). The van der Waals surface area contributed by atoms with Crippen molar-refractivity contribution in [2.75, 3.05) is 25.5 Å². The largest absolute Gasteiger partial charge is 0.343 e. The molecule has 2 aliphatic heterocycles. The van der Waals surface area contributed by atoms with Crippen LogP contribution < -0.4 is 5.32 Å². The van der Waals surface area contributed by atoms with E-state index < -0.39 is 0 Å². The molecule has 0 aliphatic carbocycles. The average Bonchev–Trinajstić information content (AvgIpc) is 2.51. The number of hydrogen-bond donors (Lipinski definition) is 1. The third kappa shape index (κ3) is 2.75. The number of rotatable bonds is 2. The Kier molecular flexibility index (Phi) is 3.63. The third-order valence-electron chi connectivity index (χ3n) is 4.76. The minimum absolute atomic E-state index is 0.141. The van der Waals surface area contributed by atoms with Crippen molar-refractivity contribution in [3.05, 3.63) is 64.7 Å². The van der Waals surface area contributed by atoms with Crippen molar-refractivity contribution in [3.8, 4) is 0 Å². The highest BCUT2D eigenvalue weighted by Gasteiger charge is 2.48. The quantitative estimate of drug-likeness (QED) is 0.908. The Balaban J connectivity index is 1.64. The first-order valence-electron chi connectivity index (χ1n) is 7.97. The van der Waals surface area contributed by atoms with Crippen LogP contribution in [0.3, 0.4) is 0 Å². The maximum atomic E-state index is 6.08. The lowest BCUT2D eigenvalue weighted by Gasteiger charge is -2.51. The summed E-state index contributed by atoms with van der Waals surface area (Å²) in [7, 11) is 2.17. The summed E-state index contributed by atoms with van der Waals surface area (Å²) in [6.45, 7) is 2.78. The average molecular weight is 326 g/mol. The highest BCUT2D eigenvalue weighted by molar-refractivity contribution is 6.30. The van der Waals surface area contributed by atoms with Gasteiger partial charge in [0, 0.05) is 23.8 Å². The van der Waals surface area contributed by atoms with Crippen molar-refractivity contribution in [2.24, 2.45) is 10.4 Å². The Bertz CT molecular complexity index is 763. The zero-order valence-corrected chi connectivity index (χ0v) is 14.0. The predicted octanol–water partition coefficient (Wildman–Crippen LogP) is 3.84. The predicted molar refractivity (Wildman–Crippen MR) is 96.3 cm³/mol. The van der Waals surface area contributed by atoms with Crippen LogP contribution in [0.1, 0.15) is 11.1 Å². The Morgan fingerprint density at radius 3 is 2.78 bits per heavy atom. The van der Waals surface area contributed by atoms with E-state index in [1.54, 1.807) is 0 Å². The topological polar surface area (TPSA) is 27.6 Å². The van der Waals surface area contributed by atoms with Crippen LogP contribution in [-0.2, 0) is 13.0 Å². The molecule has 2 heterocycles. The Morgan fingerprint density at radius 2 is 2.00 bits per heavy atom. The zero-order valence-electron chi connectivity index (χ0n) is 13.2. The first-order valence-corrected chi connectivity index (χ1v) is 8.35. The van der Waals surface area contributed by atoms with Crippen LogP contribution in [-0.4, -0.2) is 30.9 Å². The first-order chi connectivity index (χ1) is 11.1. The van der Waals surface area contributed by atoms with Crippen LogP contribution in [0, 0.1) is 5.41 Å². The molecule has 0 saturated carbocycles. The lowest BCUT2D eigenvalue weighted by molar-refractivity contribution is 0.0823. The molecule has 2 aliphatic rings. The minimum atomic E-state index is 0.141. The van der Waals surface area contributed by atoms with Crippen molar-refractivity contribution in [1.82, 2.24) is 4.90 Å². The zero-order chi connectivity index (χ0) is 15.9. The van der Waals surface area contributed by atoms with Gasteiger partial charge in [-0.25, -0.2) is 0 Å². The van der Waals surface area contributed by atoms with Gasteiger partial charge in [0.1, 0.15) is 5.84 Å². The summed E-state index contributed by atoms with van der Waals surface area (Å²) < 4.78 is 0. The van der Waals surface area contributed by atoms with Crippen molar-refractivity contribution in [1.29, 1.82) is 0 Å². The number of amidine groups is 1. The second-order valence-corrected chi connectivity index (χ2v) is 7.14. The number of benzene rings is 2. The van der Waals surface area contributed by atoms with Gasteiger partial charge in [-0.3, -0.25) is 4.99 Å². The lowest BCUT2D eigenvalue weighted by Crippen LogP contribution is -2.62. The van der Waals surface area contributed by atoms with Crippen LogP contribution in [0.2, 0.25) is 5.02 Å². The summed E-state index contributed by atoms with van der Waals surface area (Å²) in [5.74, 6) is 1.12. The molecule has 2 aromatic carbocycles. The fourth-order valence-electron chi connectivity index (χ4n) is 3.77. The van der Waals surface area contributed by atoms with Gasteiger partial charge in [0.25, 0.3) is 0 Å². The molecule has 4 heteroatoms. The van der Waals surface area contributed by atoms with E-state index in [-0.39, 0.29) is 5.41 Å². The molecule has 0 aromatic heterocycles. The summed E-state index contributed by atoms with van der Waals surface area (Å²) in [5, 5.41) is 4.35. The van der Waals surface area contributed by atoms with Gasteiger partial charge in [0.05, 0.1) is 12.0 Å². The van der Waals surface area contributed by atoms with Gasteiger partial charge in [-0.05, 0) is 42.8 Å². The second kappa shape index (κ2) is 5.66. The van der Waals surface area contributed by atoms with E-state index in [1.807, 2.05) is 18.2 Å². The summed E-state index contributed by atoms with van der Waals surface area (Å²) in [5.41, 5.74) is 3.87. The third-order valence-corrected chi connectivity index (χ3v) is 4.99. The smallest absolute Gasteiger partial charge is 0.110 e. The molecule has 0 amide bonds. The molecular weight excluding hydrogens is 306 g/mol. The van der Waals surface area contributed by atoms with Gasteiger partial charge in [-0.15, -0.1) is 0 Å². The lowest BCUT2D eigenvalue weighted by atomic mass is 9.71. The normalized spacial score (nSPS) is 20.9. The molecule has 23 heavy (non-hydrogen) atoms. The molecule has 0 atom stereocenters. The molecule has 0 radical (unpaired) electrons. The number of aliphatic imine (C=N–C) groups is 1. The fraction of sp³-hybridized carbons (Fsp3) is 0.316. The van der Waals surface area contributed by atoms with Crippen LogP contribution in [0.15, 0.2) is 53.5 Å². The summed E-state index contributed by atoms with van der Waals surface area (Å²) in [4.78, 5) is 7.28. The van der Waals surface area contributed by atoms with Gasteiger partial charge in [-0.2, -0.15) is 0 Å². The van der Waals surface area contributed by atoms with Crippen molar-refractivity contribution >= 4 is 23.1 Å². The number of halogens is 1. The van der Waals surface area contributed by atoms with Gasteiger partial charge in [-0.1, -0.05) is 41.9 Å². The molecule has 1 saturated heterocycles. The van der Waals surface area contributed by atoms with E-state index in [0.717, 1.165) is 35.9 Å². The first kappa shape index (κ1) is 14.7. The molecule has 1 fully saturated rings. The second-order valence-electron chi connectivity index (χ2n) is 6.71. The Hall–Kier alpha value is -1.84. The summed E-state index contributed by atoms with van der Waals surface area (Å²) in [6, 6.07) is 16.5. The van der Waals surface area contributed by atoms with Gasteiger partial charge in [0.15, 0.2) is 0 Å². The van der Waals surface area contributed by atoms with Crippen LogP contribution >= 0.6 is 11.6 Å². The van der Waals surface area contributed by atoms with Gasteiger partial charge < -0.3 is 10.2 Å². The van der Waals surface area contributed by atoms with Crippen molar-refractivity contribution < 1.29 is 0 Å². The number of nitrogens with one attached hydrogen (secondary N) is 1. The standard InChI is InChI=1S/C19H20ClN3/c1-23-12-19(13-23)10-15-6-2-3-8-17(15)22-18(19)21-11-14-5-4-7-16(20)9-14/h2-9H,10-13H2,1H3,(H,21,22). The van der Waals surface area contributed by atoms with Gasteiger partial charge >= 0.3 is 0 Å². The van der Waals surface area contributed by atoms with E-state index in [4.69, 9.17) is 16.6 Å². The monoisotopic (exact) mass is 325 g/mol. The van der Waals surface area contributed by atoms with E-state index >= 15 is 0 Å². The highest BCUT2D eigenvalue weighted by Crippen LogP contribution is 2.40. The van der Waals surface area contributed by atoms with Crippen molar-refractivity contribution in [3.63, 3.8) is 0 Å². The number of nitrogens with zero attached hydrogens (tertiary/aromatic N) is 2. The molecule has 2 aromatic rings. The van der Waals surface area contributed by atoms with E-state index in [2.05, 4.69) is 47.6 Å². The van der Waals surface area contributed by atoms with E-state index in [1.165, 1.54) is 11.3 Å². The maximum Gasteiger partial charge on any atom is 0.110 e. The molecule has 118 valence electrons. The fourth-order valence-corrected chi connectivity index (χ4v) is 3.98. The Labute approximate surface area is 142 Å². The molecular formula is C19H20ClN3. The van der Waals surface area contributed by atoms with Crippen molar-refractivity contribution in [2.45, 2.75) is 13.0 Å². The van der Waals surface area contributed by atoms with Crippen LogP contribution in [0.5, 0.6) is 0 Å². The number of hydrogen-bond acceptors (Lipinski definition) is 2. The molecule has 0 unspecified atom stereocenters. The summed E-state index contributed by atoms with van der Waals surface area (Å²) >= 11 is 6.08. The summed E-state index contributed by atoms with van der Waals surface area (Å²) in [6.07, 6.45) is 1.06. The molecule has 1 spiro atoms. The van der Waals surface area contributed by atoms with E-state index in [9.17, 15) is 0 Å². The molecule has 0 bridgehead atoms. The van der Waals surface area contributed by atoms with Crippen LogP contribution in [0.4, 0.5) is 5.69 Å². The Morgan fingerprint density at radius 1 is 1.17 bits per heavy atom. The maximum absolute atomic E-state index is 6.08. The molecule has 1 N–H and O–H groups in total. The number of para-hydroxylation sites is 1. The number of anilines is 1. The van der Waals surface area contributed by atoms with Gasteiger partial charge in [0.2, 0.25) is 0 Å². The number of fused-ring (bicyclic) bond motifs is 1. The minimum Gasteiger partial charge on any atom is -0.343 e. The number of likely N-dealkylation sites (tertiary alicyclic amines) is 1. The molecule has 3 nitrogen and oxygen atoms in total.